The summed E-state index contributed by atoms with van der Waals surface area (Å²) in [6.45, 7) is 0.399. The van der Waals surface area contributed by atoms with Crippen LogP contribution >= 0.6 is 23.2 Å². The van der Waals surface area contributed by atoms with Gasteiger partial charge >= 0.3 is 6.03 Å². The fourth-order valence-corrected chi connectivity index (χ4v) is 2.66. The van der Waals surface area contributed by atoms with Gasteiger partial charge in [-0.15, -0.1) is 0 Å². The minimum atomic E-state index is -0.882. The molecule has 0 saturated heterocycles. The van der Waals surface area contributed by atoms with E-state index < -0.39 is 6.10 Å². The van der Waals surface area contributed by atoms with Crippen LogP contribution in [0.2, 0.25) is 10.0 Å². The Morgan fingerprint density at radius 3 is 2.57 bits per heavy atom. The van der Waals surface area contributed by atoms with Crippen molar-refractivity contribution in [3.63, 3.8) is 0 Å². The lowest BCUT2D eigenvalue weighted by molar-refractivity contribution is 0.220. The van der Waals surface area contributed by atoms with Crippen LogP contribution in [-0.2, 0) is 0 Å². The van der Waals surface area contributed by atoms with Crippen molar-refractivity contribution in [3.8, 4) is 0 Å². The molecule has 0 radical (unpaired) electrons. The number of carbonyl (C=O) groups excluding carboxylic acids is 1. The smallest absolute Gasteiger partial charge is 0.342 e. The standard InChI is InChI=1S/C16H13Cl2N3O2/c17-11-3-1-10(2-4-11)15(22)13-6-5-12(9-14(13)18)21-16(23)19-7-8-20-21/h1-6,8-9,15,22H,7H2,(H,19,23). The molecule has 2 amide bonds. The molecular weight excluding hydrogens is 337 g/mol. The monoisotopic (exact) mass is 349 g/mol. The summed E-state index contributed by atoms with van der Waals surface area (Å²) >= 11 is 12.1. The molecule has 7 heteroatoms. The number of nitrogens with zero attached hydrogens (tertiary/aromatic N) is 2. The number of aliphatic hydroxyl groups is 1. The average molecular weight is 350 g/mol. The van der Waals surface area contributed by atoms with Crippen molar-refractivity contribution < 1.29 is 9.90 Å². The SMILES string of the molecule is O=C1NCC=NN1c1ccc(C(O)c2ccc(Cl)cc2)c(Cl)c1. The summed E-state index contributed by atoms with van der Waals surface area (Å²) in [6.07, 6.45) is 0.707. The minimum absolute atomic E-state index is 0.324. The van der Waals surface area contributed by atoms with Gasteiger partial charge in [0.2, 0.25) is 0 Å². The maximum absolute atomic E-state index is 11.8. The summed E-state index contributed by atoms with van der Waals surface area (Å²) in [6, 6.07) is 11.5. The van der Waals surface area contributed by atoms with Crippen molar-refractivity contribution in [2.24, 2.45) is 5.10 Å². The summed E-state index contributed by atoms with van der Waals surface area (Å²) in [5, 5.41) is 19.3. The second-order valence-electron chi connectivity index (χ2n) is 4.96. The largest absolute Gasteiger partial charge is 0.384 e. The van der Waals surface area contributed by atoms with E-state index >= 15 is 0 Å². The first-order valence-corrected chi connectivity index (χ1v) is 7.65. The molecule has 1 aliphatic rings. The van der Waals surface area contributed by atoms with Crippen molar-refractivity contribution in [3.05, 3.63) is 63.6 Å². The zero-order chi connectivity index (χ0) is 16.4. The Balaban J connectivity index is 1.90. The summed E-state index contributed by atoms with van der Waals surface area (Å²) < 4.78 is 0. The Morgan fingerprint density at radius 1 is 1.17 bits per heavy atom. The minimum Gasteiger partial charge on any atom is -0.384 e. The molecule has 2 aromatic carbocycles. The van der Waals surface area contributed by atoms with Crippen LogP contribution in [0.15, 0.2) is 47.6 Å². The third-order valence-electron chi connectivity index (χ3n) is 3.44. The fourth-order valence-electron chi connectivity index (χ4n) is 2.26. The number of hydrogen-bond donors (Lipinski definition) is 2. The number of hydrogen-bond acceptors (Lipinski definition) is 3. The summed E-state index contributed by atoms with van der Waals surface area (Å²) in [7, 11) is 0. The zero-order valence-corrected chi connectivity index (χ0v) is 13.4. The van der Waals surface area contributed by atoms with Crippen molar-refractivity contribution in [1.82, 2.24) is 5.32 Å². The number of carbonyl (C=O) groups is 1. The molecule has 0 spiro atoms. The number of amides is 2. The second-order valence-corrected chi connectivity index (χ2v) is 5.80. The molecular formula is C16H13Cl2N3O2. The van der Waals surface area contributed by atoms with Crippen LogP contribution in [0.25, 0.3) is 0 Å². The highest BCUT2D eigenvalue weighted by Crippen LogP contribution is 2.32. The van der Waals surface area contributed by atoms with E-state index in [1.165, 1.54) is 5.01 Å². The van der Waals surface area contributed by atoms with Gasteiger partial charge in [0, 0.05) is 21.8 Å². The van der Waals surface area contributed by atoms with Crippen LogP contribution in [0, 0.1) is 0 Å². The lowest BCUT2D eigenvalue weighted by atomic mass is 10.0. The molecule has 0 bridgehead atoms. The van der Waals surface area contributed by atoms with Gasteiger partial charge in [-0.1, -0.05) is 41.4 Å². The van der Waals surface area contributed by atoms with Crippen molar-refractivity contribution in [1.29, 1.82) is 0 Å². The Bertz CT molecular complexity index is 762. The second kappa shape index (κ2) is 6.58. The molecule has 0 fully saturated rings. The van der Waals surface area contributed by atoms with Gasteiger partial charge < -0.3 is 10.4 Å². The topological polar surface area (TPSA) is 64.9 Å². The summed E-state index contributed by atoms with van der Waals surface area (Å²) in [5.74, 6) is 0. The summed E-state index contributed by atoms with van der Waals surface area (Å²) in [5.41, 5.74) is 1.74. The highest BCUT2D eigenvalue weighted by molar-refractivity contribution is 6.32. The van der Waals surface area contributed by atoms with E-state index in [2.05, 4.69) is 10.4 Å². The molecule has 0 saturated carbocycles. The maximum atomic E-state index is 11.8. The van der Waals surface area contributed by atoms with Gasteiger partial charge in [0.1, 0.15) is 6.10 Å². The third kappa shape index (κ3) is 3.32. The molecule has 3 rings (SSSR count). The number of nitrogens with one attached hydrogen (secondary N) is 1. The molecule has 1 aliphatic heterocycles. The Labute approximate surface area is 143 Å². The molecule has 1 atom stereocenters. The Hall–Kier alpha value is -2.08. The van der Waals surface area contributed by atoms with Crippen molar-refractivity contribution >= 4 is 41.1 Å². The number of hydrazone groups is 1. The van der Waals surface area contributed by atoms with E-state index in [0.717, 1.165) is 0 Å². The lowest BCUT2D eigenvalue weighted by Crippen LogP contribution is -2.41. The van der Waals surface area contributed by atoms with Gasteiger partial charge in [-0.3, -0.25) is 0 Å². The number of aliphatic hydroxyl groups excluding tert-OH is 1. The first-order chi connectivity index (χ1) is 11.1. The predicted octanol–water partition coefficient (Wildman–Crippen LogP) is 3.59. The molecule has 118 valence electrons. The van der Waals surface area contributed by atoms with Crippen LogP contribution < -0.4 is 10.3 Å². The quantitative estimate of drug-likeness (QED) is 0.889. The Kier molecular flexibility index (Phi) is 4.52. The van der Waals surface area contributed by atoms with E-state index in [1.54, 1.807) is 48.7 Å². The van der Waals surface area contributed by atoms with Crippen LogP contribution in [0.1, 0.15) is 17.2 Å². The van der Waals surface area contributed by atoms with Crippen LogP contribution in [0.3, 0.4) is 0 Å². The van der Waals surface area contributed by atoms with E-state index in [4.69, 9.17) is 23.2 Å². The third-order valence-corrected chi connectivity index (χ3v) is 4.02. The van der Waals surface area contributed by atoms with Gasteiger partial charge in [0.15, 0.2) is 0 Å². The normalized spacial score (nSPS) is 15.4. The van der Waals surface area contributed by atoms with Gasteiger partial charge in [-0.2, -0.15) is 10.1 Å². The lowest BCUT2D eigenvalue weighted by Gasteiger charge is -2.22. The molecule has 2 aromatic rings. The average Bonchev–Trinajstić information content (AvgIpc) is 2.55. The van der Waals surface area contributed by atoms with Gasteiger partial charge in [-0.25, -0.2) is 4.79 Å². The fraction of sp³-hybridized carbons (Fsp3) is 0.125. The number of urea groups is 1. The molecule has 0 aromatic heterocycles. The van der Waals surface area contributed by atoms with Gasteiger partial charge in [-0.05, 0) is 29.8 Å². The van der Waals surface area contributed by atoms with Crippen molar-refractivity contribution in [2.75, 3.05) is 11.6 Å². The maximum Gasteiger partial charge on any atom is 0.342 e. The molecule has 5 nitrogen and oxygen atoms in total. The van der Waals surface area contributed by atoms with E-state index in [1.807, 2.05) is 0 Å². The molecule has 0 aliphatic carbocycles. The van der Waals surface area contributed by atoms with Crippen LogP contribution in [0.5, 0.6) is 0 Å². The van der Waals surface area contributed by atoms with Crippen LogP contribution in [0.4, 0.5) is 10.5 Å². The van der Waals surface area contributed by atoms with Crippen LogP contribution in [-0.4, -0.2) is 23.9 Å². The predicted molar refractivity (Wildman–Crippen MR) is 91.3 cm³/mol. The first-order valence-electron chi connectivity index (χ1n) is 6.89. The number of rotatable bonds is 3. The molecule has 1 unspecified atom stereocenters. The molecule has 1 heterocycles. The molecule has 2 N–H and O–H groups in total. The highest BCUT2D eigenvalue weighted by atomic mass is 35.5. The number of benzene rings is 2. The van der Waals surface area contributed by atoms with Gasteiger partial charge in [0.25, 0.3) is 0 Å². The number of anilines is 1. The van der Waals surface area contributed by atoms with E-state index in [0.29, 0.717) is 33.4 Å². The van der Waals surface area contributed by atoms with E-state index in [9.17, 15) is 9.90 Å². The first kappa shape index (κ1) is 15.8. The highest BCUT2D eigenvalue weighted by Gasteiger charge is 2.20. The summed E-state index contributed by atoms with van der Waals surface area (Å²) in [4.78, 5) is 11.8. The Morgan fingerprint density at radius 2 is 1.91 bits per heavy atom. The zero-order valence-electron chi connectivity index (χ0n) is 11.9. The molecule has 23 heavy (non-hydrogen) atoms. The number of halogens is 2. The van der Waals surface area contributed by atoms with Crippen molar-refractivity contribution in [2.45, 2.75) is 6.10 Å². The van der Waals surface area contributed by atoms with E-state index in [-0.39, 0.29) is 6.03 Å². The van der Waals surface area contributed by atoms with Gasteiger partial charge in [0.05, 0.1) is 12.2 Å².